The van der Waals surface area contributed by atoms with Crippen molar-refractivity contribution in [3.63, 3.8) is 0 Å². The molecule has 0 N–H and O–H groups in total. The molecule has 0 spiro atoms. The molecule has 1 heterocycles. The molecule has 0 unspecified atom stereocenters. The average Bonchev–Trinajstić information content (AvgIpc) is 2.78. The first kappa shape index (κ1) is 14.8. The van der Waals surface area contributed by atoms with Crippen LogP contribution in [-0.2, 0) is 0 Å². The Morgan fingerprint density at radius 1 is 0.882 bits per heavy atom. The molecule has 17 heavy (non-hydrogen) atoms. The maximum absolute atomic E-state index is 3.52. The van der Waals surface area contributed by atoms with Gasteiger partial charge in [-0.15, -0.1) is 11.4 Å². The van der Waals surface area contributed by atoms with E-state index in [9.17, 15) is 0 Å². The van der Waals surface area contributed by atoms with Crippen molar-refractivity contribution in [3.8, 4) is 0 Å². The number of thiol groups is 1. The van der Waals surface area contributed by atoms with E-state index in [-0.39, 0.29) is 0 Å². The van der Waals surface area contributed by atoms with Gasteiger partial charge in [-0.05, 0) is 36.7 Å². The highest BCUT2D eigenvalue weighted by Gasteiger charge is 2.07. The molecule has 0 aromatic heterocycles. The molecule has 0 saturated carbocycles. The molecule has 1 heteroatoms. The second kappa shape index (κ2) is 9.74. The minimum absolute atomic E-state index is 1.27. The van der Waals surface area contributed by atoms with Crippen molar-refractivity contribution >= 4 is 16.4 Å². The van der Waals surface area contributed by atoms with E-state index in [4.69, 9.17) is 0 Å². The SMILES string of the molecule is CCCCCCC1=C=[SH]C=C1CCCCCC. The van der Waals surface area contributed by atoms with Crippen LogP contribution < -0.4 is 0 Å². The van der Waals surface area contributed by atoms with E-state index >= 15 is 0 Å². The summed E-state index contributed by atoms with van der Waals surface area (Å²) >= 11 is 1.31. The third-order valence-corrected chi connectivity index (χ3v) is 4.23. The zero-order valence-corrected chi connectivity index (χ0v) is 12.5. The van der Waals surface area contributed by atoms with Crippen molar-refractivity contribution < 1.29 is 0 Å². The summed E-state index contributed by atoms with van der Waals surface area (Å²) in [6.07, 6.45) is 13.5. The largest absolute Gasteiger partial charge is 0.133 e. The normalized spacial score (nSPS) is 14.5. The van der Waals surface area contributed by atoms with Gasteiger partial charge in [-0.1, -0.05) is 57.4 Å². The smallest absolute Gasteiger partial charge is 0.00386 e. The summed E-state index contributed by atoms with van der Waals surface area (Å²) in [4.78, 5) is 0. The number of rotatable bonds is 10. The van der Waals surface area contributed by atoms with E-state index in [0.29, 0.717) is 0 Å². The number of unbranched alkanes of at least 4 members (excludes halogenated alkanes) is 6. The number of hydrogen-bond donors (Lipinski definition) is 1. The molecule has 1 aliphatic heterocycles. The molecule has 1 aliphatic rings. The number of allylic oxidation sites excluding steroid dienone is 2. The summed E-state index contributed by atoms with van der Waals surface area (Å²) in [5, 5.41) is 5.90. The van der Waals surface area contributed by atoms with Gasteiger partial charge < -0.3 is 0 Å². The van der Waals surface area contributed by atoms with Crippen molar-refractivity contribution in [1.82, 2.24) is 0 Å². The highest BCUT2D eigenvalue weighted by molar-refractivity contribution is 8.00. The summed E-state index contributed by atoms with van der Waals surface area (Å²) in [5.74, 6) is 0. The van der Waals surface area contributed by atoms with Crippen LogP contribution in [0.25, 0.3) is 0 Å². The van der Waals surface area contributed by atoms with Crippen LogP contribution in [0.4, 0.5) is 0 Å². The zero-order chi connectivity index (χ0) is 12.3. The Labute approximate surface area is 111 Å². The fraction of sp³-hybridized carbons (Fsp3) is 0.750. The molecule has 0 aliphatic carbocycles. The van der Waals surface area contributed by atoms with Crippen molar-refractivity contribution in [2.45, 2.75) is 78.1 Å². The molecule has 0 nitrogen and oxygen atoms in total. The van der Waals surface area contributed by atoms with Gasteiger partial charge >= 0.3 is 0 Å². The Morgan fingerprint density at radius 2 is 1.53 bits per heavy atom. The van der Waals surface area contributed by atoms with Crippen molar-refractivity contribution in [1.29, 1.82) is 0 Å². The van der Waals surface area contributed by atoms with E-state index in [1.807, 2.05) is 0 Å². The van der Waals surface area contributed by atoms with Crippen LogP contribution in [0.5, 0.6) is 0 Å². The van der Waals surface area contributed by atoms with Crippen LogP contribution in [0, 0.1) is 0 Å². The molecule has 0 aromatic carbocycles. The first-order chi connectivity index (χ1) is 8.38. The number of hydrogen-bond acceptors (Lipinski definition) is 0. The highest BCUT2D eigenvalue weighted by Crippen LogP contribution is 2.26. The van der Waals surface area contributed by atoms with Gasteiger partial charge in [0.1, 0.15) is 0 Å². The van der Waals surface area contributed by atoms with E-state index in [1.165, 1.54) is 75.6 Å². The standard InChI is InChI=1S/C16H28S/c1-3-5-7-9-11-15-13-17-14-16(15)12-10-8-6-4-2/h13,17H,3-12H2,1-2H3. The second-order valence-corrected chi connectivity index (χ2v) is 5.74. The molecule has 0 aromatic rings. The molecule has 0 amide bonds. The topological polar surface area (TPSA) is 0 Å². The summed E-state index contributed by atoms with van der Waals surface area (Å²) in [6, 6.07) is 0. The van der Waals surface area contributed by atoms with Crippen LogP contribution >= 0.6 is 11.4 Å². The molecule has 0 saturated heterocycles. The van der Waals surface area contributed by atoms with Gasteiger partial charge in [0.05, 0.1) is 0 Å². The van der Waals surface area contributed by atoms with Gasteiger partial charge in [0.2, 0.25) is 0 Å². The fourth-order valence-corrected chi connectivity index (χ4v) is 3.16. The lowest BCUT2D eigenvalue weighted by Gasteiger charge is -2.07. The van der Waals surface area contributed by atoms with Crippen LogP contribution in [0.15, 0.2) is 16.6 Å². The maximum Gasteiger partial charge on any atom is 0.00386 e. The predicted octanol–water partition coefficient (Wildman–Crippen LogP) is 5.62. The molecule has 0 bridgehead atoms. The monoisotopic (exact) mass is 252 g/mol. The minimum Gasteiger partial charge on any atom is -0.133 e. The highest BCUT2D eigenvalue weighted by atomic mass is 32.1. The summed E-state index contributed by atoms with van der Waals surface area (Å²) in [5.41, 5.74) is 3.15. The minimum atomic E-state index is 1.27. The lowest BCUT2D eigenvalue weighted by atomic mass is 9.97. The third kappa shape index (κ3) is 6.29. The molecule has 1 rings (SSSR count). The van der Waals surface area contributed by atoms with Crippen molar-refractivity contribution in [2.24, 2.45) is 0 Å². The summed E-state index contributed by atoms with van der Waals surface area (Å²) in [7, 11) is 0. The molecule has 0 radical (unpaired) electrons. The lowest BCUT2D eigenvalue weighted by Crippen LogP contribution is -1.90. The van der Waals surface area contributed by atoms with Crippen LogP contribution in [0.2, 0.25) is 0 Å². The Bertz CT molecular complexity index is 293. The Hall–Kier alpha value is -0.260. The predicted molar refractivity (Wildman–Crippen MR) is 83.1 cm³/mol. The molecular formula is C16H28S. The molecule has 98 valence electrons. The summed E-state index contributed by atoms with van der Waals surface area (Å²) < 4.78 is 0. The van der Waals surface area contributed by atoms with Gasteiger partial charge in [0.25, 0.3) is 0 Å². The van der Waals surface area contributed by atoms with Gasteiger partial charge in [0, 0.05) is 5.57 Å². The fourth-order valence-electron chi connectivity index (χ4n) is 2.24. The van der Waals surface area contributed by atoms with Gasteiger partial charge in [-0.25, -0.2) is 0 Å². The molecular weight excluding hydrogens is 224 g/mol. The van der Waals surface area contributed by atoms with Gasteiger partial charge in [-0.2, -0.15) is 0 Å². The van der Waals surface area contributed by atoms with E-state index in [0.717, 1.165) is 0 Å². The maximum atomic E-state index is 3.52. The van der Waals surface area contributed by atoms with Crippen LogP contribution in [-0.4, -0.2) is 5.02 Å². The van der Waals surface area contributed by atoms with Crippen LogP contribution in [0.1, 0.15) is 78.1 Å². The third-order valence-electron chi connectivity index (χ3n) is 3.39. The first-order valence-electron chi connectivity index (χ1n) is 7.39. The van der Waals surface area contributed by atoms with Gasteiger partial charge in [-0.3, -0.25) is 0 Å². The Morgan fingerprint density at radius 3 is 2.18 bits per heavy atom. The van der Waals surface area contributed by atoms with Crippen molar-refractivity contribution in [2.75, 3.05) is 0 Å². The van der Waals surface area contributed by atoms with E-state index < -0.39 is 0 Å². The van der Waals surface area contributed by atoms with E-state index in [2.05, 4.69) is 24.3 Å². The Balaban J connectivity index is 2.16. The molecule has 0 atom stereocenters. The Kier molecular flexibility index (Phi) is 8.48. The first-order valence-corrected chi connectivity index (χ1v) is 8.36. The molecule has 0 fully saturated rings. The summed E-state index contributed by atoms with van der Waals surface area (Å²) in [6.45, 7) is 4.55. The quantitative estimate of drug-likeness (QED) is 0.291. The van der Waals surface area contributed by atoms with Crippen molar-refractivity contribution in [3.05, 3.63) is 16.6 Å². The van der Waals surface area contributed by atoms with Crippen LogP contribution in [0.3, 0.4) is 0 Å². The zero-order valence-electron chi connectivity index (χ0n) is 11.6. The average molecular weight is 252 g/mol. The second-order valence-electron chi connectivity index (χ2n) is 5.00. The van der Waals surface area contributed by atoms with E-state index in [1.54, 1.807) is 11.1 Å². The van der Waals surface area contributed by atoms with Gasteiger partial charge in [0.15, 0.2) is 0 Å². The lowest BCUT2D eigenvalue weighted by molar-refractivity contribution is 0.651.